The fraction of sp³-hybridized carbons (Fsp3) is 0.829. The minimum atomic E-state index is -3.93. The van der Waals surface area contributed by atoms with Gasteiger partial charge in [0.2, 0.25) is 0 Å². The first-order chi connectivity index (χ1) is 18.8. The molecule has 0 radical (unpaired) electrons. The Bertz CT molecular complexity index is 652. The van der Waals surface area contributed by atoms with E-state index in [1.165, 1.54) is 83.5 Å². The van der Waals surface area contributed by atoms with Crippen LogP contribution in [0.5, 0.6) is 0 Å². The molecule has 1 aromatic carbocycles. The first-order valence-corrected chi connectivity index (χ1v) is 19.1. The monoisotopic (exact) mass is 566 g/mol. The van der Waals surface area contributed by atoms with E-state index in [2.05, 4.69) is 34.6 Å². The van der Waals surface area contributed by atoms with Crippen molar-refractivity contribution in [3.8, 4) is 0 Å². The summed E-state index contributed by atoms with van der Waals surface area (Å²) in [6.45, 7) is 12.7. The van der Waals surface area contributed by atoms with Gasteiger partial charge >= 0.3 is 245 Å². The van der Waals surface area contributed by atoms with Crippen LogP contribution in [0.2, 0.25) is 0 Å². The van der Waals surface area contributed by atoms with Crippen LogP contribution < -0.4 is 5.30 Å². The third-order valence-electron chi connectivity index (χ3n) is 7.99. The summed E-state index contributed by atoms with van der Waals surface area (Å²) in [7, 11) is -3.93. The van der Waals surface area contributed by atoms with E-state index in [9.17, 15) is 4.89 Å². The standard InChI is InChI=1S/C35H67O3P/c1-6-7-8-9-10-17-25-32-39(36,35-28-21-18-22-29-35,37-30-23-15-11-13-19-26-33(2)3)38-31-24-16-12-14-20-27-34(4)5/h18,21-22,28-29,33-34,36H,6-17,19-20,23-27,30-32H2,1-5H3. The molecule has 0 heterocycles. The number of benzene rings is 1. The van der Waals surface area contributed by atoms with Gasteiger partial charge in [-0.25, -0.2) is 0 Å². The first-order valence-electron chi connectivity index (χ1n) is 16.9. The van der Waals surface area contributed by atoms with Crippen LogP contribution in [0.3, 0.4) is 0 Å². The van der Waals surface area contributed by atoms with Crippen molar-refractivity contribution in [1.82, 2.24) is 0 Å². The molecule has 0 aliphatic heterocycles. The van der Waals surface area contributed by atoms with Gasteiger partial charge < -0.3 is 0 Å². The number of rotatable bonds is 27. The van der Waals surface area contributed by atoms with Gasteiger partial charge in [-0.15, -0.1) is 0 Å². The van der Waals surface area contributed by atoms with Gasteiger partial charge in [-0.1, -0.05) is 0 Å². The van der Waals surface area contributed by atoms with Gasteiger partial charge in [0.15, 0.2) is 0 Å². The van der Waals surface area contributed by atoms with Gasteiger partial charge in [-0.05, 0) is 0 Å². The van der Waals surface area contributed by atoms with Crippen molar-refractivity contribution in [3.05, 3.63) is 30.3 Å². The summed E-state index contributed by atoms with van der Waals surface area (Å²) in [5.74, 6) is 1.59. The Morgan fingerprint density at radius 2 is 0.974 bits per heavy atom. The van der Waals surface area contributed by atoms with Crippen molar-refractivity contribution in [2.45, 2.75) is 157 Å². The Kier molecular flexibility index (Phi) is 20.8. The van der Waals surface area contributed by atoms with E-state index in [-0.39, 0.29) is 0 Å². The molecular formula is C35H67O3P. The SMILES string of the molecule is CCCCCCCCCP(O)(OCCCCCCCC(C)C)(OCCCCCCCC(C)C)c1ccccc1. The number of unbranched alkanes of at least 4 members (excludes halogenated alkanes) is 14. The Labute approximate surface area is 244 Å². The van der Waals surface area contributed by atoms with Gasteiger partial charge in [0.05, 0.1) is 0 Å². The topological polar surface area (TPSA) is 38.7 Å². The van der Waals surface area contributed by atoms with E-state index in [4.69, 9.17) is 9.05 Å². The van der Waals surface area contributed by atoms with E-state index < -0.39 is 7.28 Å². The molecule has 0 saturated carbocycles. The van der Waals surface area contributed by atoms with E-state index in [1.54, 1.807) is 0 Å². The average molecular weight is 567 g/mol. The molecule has 0 aliphatic carbocycles. The van der Waals surface area contributed by atoms with Crippen LogP contribution in [0.1, 0.15) is 157 Å². The van der Waals surface area contributed by atoms with Crippen LogP contribution in [-0.4, -0.2) is 24.3 Å². The van der Waals surface area contributed by atoms with Gasteiger partial charge in [-0.3, -0.25) is 0 Å². The number of hydrogen-bond donors (Lipinski definition) is 1. The van der Waals surface area contributed by atoms with Crippen LogP contribution >= 0.6 is 7.28 Å². The van der Waals surface area contributed by atoms with Crippen LogP contribution in [0, 0.1) is 11.8 Å². The Morgan fingerprint density at radius 3 is 1.44 bits per heavy atom. The molecule has 39 heavy (non-hydrogen) atoms. The Hall–Kier alpha value is -0.470. The molecule has 0 amide bonds. The second kappa shape index (κ2) is 22.2. The molecular weight excluding hydrogens is 499 g/mol. The molecule has 0 saturated heterocycles. The molecule has 3 nitrogen and oxygen atoms in total. The van der Waals surface area contributed by atoms with Crippen molar-refractivity contribution in [1.29, 1.82) is 0 Å². The summed E-state index contributed by atoms with van der Waals surface area (Å²) in [4.78, 5) is 12.6. The molecule has 0 bridgehead atoms. The van der Waals surface area contributed by atoms with Gasteiger partial charge in [-0.2, -0.15) is 0 Å². The number of hydrogen-bond acceptors (Lipinski definition) is 3. The van der Waals surface area contributed by atoms with Crippen molar-refractivity contribution in [2.24, 2.45) is 11.8 Å². The molecule has 1 N–H and O–H groups in total. The molecule has 0 spiro atoms. The van der Waals surface area contributed by atoms with Crippen LogP contribution in [0.4, 0.5) is 0 Å². The van der Waals surface area contributed by atoms with Gasteiger partial charge in [0.25, 0.3) is 0 Å². The molecule has 4 heteroatoms. The Balaban J connectivity index is 2.75. The van der Waals surface area contributed by atoms with Crippen molar-refractivity contribution < 1.29 is 13.9 Å². The Morgan fingerprint density at radius 1 is 0.564 bits per heavy atom. The summed E-state index contributed by atoms with van der Waals surface area (Å²) >= 11 is 0. The molecule has 0 atom stereocenters. The van der Waals surface area contributed by atoms with E-state index in [0.717, 1.165) is 55.7 Å². The third kappa shape index (κ3) is 17.2. The molecule has 230 valence electrons. The van der Waals surface area contributed by atoms with Gasteiger partial charge in [0.1, 0.15) is 0 Å². The van der Waals surface area contributed by atoms with E-state index in [1.807, 2.05) is 30.3 Å². The predicted octanol–water partition coefficient (Wildman–Crippen LogP) is 11.4. The summed E-state index contributed by atoms with van der Waals surface area (Å²) in [5, 5.41) is 0.878. The molecule has 0 aromatic heterocycles. The summed E-state index contributed by atoms with van der Waals surface area (Å²) in [5.41, 5.74) is 0. The fourth-order valence-corrected chi connectivity index (χ4v) is 8.83. The fourth-order valence-electron chi connectivity index (χ4n) is 5.39. The zero-order chi connectivity index (χ0) is 28.7. The van der Waals surface area contributed by atoms with Crippen molar-refractivity contribution >= 4 is 12.6 Å². The summed E-state index contributed by atoms with van der Waals surface area (Å²) < 4.78 is 13.3. The predicted molar refractivity (Wildman–Crippen MR) is 175 cm³/mol. The first kappa shape index (κ1) is 36.6. The van der Waals surface area contributed by atoms with E-state index >= 15 is 0 Å². The zero-order valence-electron chi connectivity index (χ0n) is 26.8. The normalized spacial score (nSPS) is 13.3. The van der Waals surface area contributed by atoms with Crippen LogP contribution in [-0.2, 0) is 9.05 Å². The quantitative estimate of drug-likeness (QED) is 0.0850. The van der Waals surface area contributed by atoms with Gasteiger partial charge in [0, 0.05) is 0 Å². The molecule has 0 aliphatic rings. The second-order valence-corrected chi connectivity index (χ2v) is 16.5. The minimum absolute atomic E-state index is 0.582. The van der Waals surface area contributed by atoms with Crippen LogP contribution in [0.15, 0.2) is 30.3 Å². The molecule has 0 fully saturated rings. The maximum absolute atomic E-state index is 12.6. The second-order valence-electron chi connectivity index (χ2n) is 12.8. The third-order valence-corrected chi connectivity index (χ3v) is 11.8. The zero-order valence-corrected chi connectivity index (χ0v) is 27.7. The average Bonchev–Trinajstić information content (AvgIpc) is 2.91. The van der Waals surface area contributed by atoms with Crippen LogP contribution in [0.25, 0.3) is 0 Å². The molecule has 1 rings (SSSR count). The van der Waals surface area contributed by atoms with Crippen molar-refractivity contribution in [2.75, 3.05) is 19.4 Å². The summed E-state index contributed by atoms with van der Waals surface area (Å²) in [6.07, 6.45) is 23.8. The van der Waals surface area contributed by atoms with E-state index in [0.29, 0.717) is 19.4 Å². The molecule has 1 aromatic rings. The van der Waals surface area contributed by atoms with Crippen molar-refractivity contribution in [3.63, 3.8) is 0 Å². The summed E-state index contributed by atoms with van der Waals surface area (Å²) in [6, 6.07) is 10.1. The maximum atomic E-state index is 12.6. The molecule has 0 unspecified atom stereocenters.